The van der Waals surface area contributed by atoms with E-state index in [2.05, 4.69) is 10.3 Å². The normalized spacial score (nSPS) is 23.0. The SMILES string of the molecule is Cl.N[C@@H]1CCCC[C@H]1NC(=O)c1ccc(Cl)cn1. The summed E-state index contributed by atoms with van der Waals surface area (Å²) in [5, 5.41) is 3.46. The molecule has 0 bridgehead atoms. The van der Waals surface area contributed by atoms with Gasteiger partial charge in [0.15, 0.2) is 0 Å². The molecule has 0 radical (unpaired) electrons. The minimum absolute atomic E-state index is 0. The van der Waals surface area contributed by atoms with Crippen molar-refractivity contribution in [2.45, 2.75) is 37.8 Å². The van der Waals surface area contributed by atoms with Gasteiger partial charge in [0.05, 0.1) is 5.02 Å². The largest absolute Gasteiger partial charge is 0.346 e. The van der Waals surface area contributed by atoms with E-state index in [1.807, 2.05) is 0 Å². The second-order valence-corrected chi connectivity index (χ2v) is 4.83. The van der Waals surface area contributed by atoms with Crippen LogP contribution in [0.3, 0.4) is 0 Å². The summed E-state index contributed by atoms with van der Waals surface area (Å²) in [6.45, 7) is 0. The summed E-state index contributed by atoms with van der Waals surface area (Å²) < 4.78 is 0. The van der Waals surface area contributed by atoms with Gasteiger partial charge in [0.25, 0.3) is 5.91 Å². The minimum Gasteiger partial charge on any atom is -0.346 e. The summed E-state index contributed by atoms with van der Waals surface area (Å²) in [5.74, 6) is -0.177. The van der Waals surface area contributed by atoms with Crippen LogP contribution in [0.2, 0.25) is 5.02 Å². The number of nitrogens with zero attached hydrogens (tertiary/aromatic N) is 1. The highest BCUT2D eigenvalue weighted by Gasteiger charge is 2.23. The quantitative estimate of drug-likeness (QED) is 0.877. The van der Waals surface area contributed by atoms with Gasteiger partial charge < -0.3 is 11.1 Å². The Bertz CT molecular complexity index is 397. The zero-order chi connectivity index (χ0) is 12.3. The molecule has 1 heterocycles. The molecule has 1 saturated carbocycles. The number of hydrogen-bond acceptors (Lipinski definition) is 3. The summed E-state index contributed by atoms with van der Waals surface area (Å²) in [6.07, 6.45) is 5.65. The summed E-state index contributed by atoms with van der Waals surface area (Å²) in [4.78, 5) is 15.9. The molecule has 1 amide bonds. The summed E-state index contributed by atoms with van der Waals surface area (Å²) in [7, 11) is 0. The molecule has 1 aliphatic carbocycles. The first kappa shape index (κ1) is 15.2. The van der Waals surface area contributed by atoms with Crippen LogP contribution >= 0.6 is 24.0 Å². The van der Waals surface area contributed by atoms with Crippen molar-refractivity contribution in [2.75, 3.05) is 0 Å². The molecule has 6 heteroatoms. The molecule has 1 aliphatic rings. The molecule has 4 nitrogen and oxygen atoms in total. The van der Waals surface area contributed by atoms with Gasteiger partial charge >= 0.3 is 0 Å². The van der Waals surface area contributed by atoms with E-state index < -0.39 is 0 Å². The number of aromatic nitrogens is 1. The highest BCUT2D eigenvalue weighted by molar-refractivity contribution is 6.30. The van der Waals surface area contributed by atoms with Crippen molar-refractivity contribution in [1.29, 1.82) is 0 Å². The van der Waals surface area contributed by atoms with Gasteiger partial charge in [0.2, 0.25) is 0 Å². The molecular formula is C12H17Cl2N3O. The first-order valence-corrected chi connectivity index (χ1v) is 6.22. The van der Waals surface area contributed by atoms with Crippen LogP contribution in [0.15, 0.2) is 18.3 Å². The van der Waals surface area contributed by atoms with E-state index >= 15 is 0 Å². The van der Waals surface area contributed by atoms with Crippen LogP contribution in [0.25, 0.3) is 0 Å². The molecule has 2 atom stereocenters. The average molecular weight is 290 g/mol. The molecule has 0 aliphatic heterocycles. The minimum atomic E-state index is -0.177. The molecule has 1 fully saturated rings. The lowest BCUT2D eigenvalue weighted by Crippen LogP contribution is -2.49. The standard InChI is InChI=1S/C12H16ClN3O.ClH/c13-8-5-6-11(15-7-8)12(17)16-10-4-2-1-3-9(10)14;/h5-7,9-10H,1-4,14H2,(H,16,17);1H/t9-,10-;/m1./s1. The van der Waals surface area contributed by atoms with Gasteiger partial charge in [-0.1, -0.05) is 24.4 Å². The summed E-state index contributed by atoms with van der Waals surface area (Å²) >= 11 is 5.72. The van der Waals surface area contributed by atoms with Crippen LogP contribution in [0, 0.1) is 0 Å². The molecular weight excluding hydrogens is 273 g/mol. The second-order valence-electron chi connectivity index (χ2n) is 4.39. The molecule has 100 valence electrons. The smallest absolute Gasteiger partial charge is 0.270 e. The number of halogens is 2. The Hall–Kier alpha value is -0.840. The predicted molar refractivity (Wildman–Crippen MR) is 74.2 cm³/mol. The number of carbonyl (C=O) groups excluding carboxylic acids is 1. The van der Waals surface area contributed by atoms with Gasteiger partial charge in [0, 0.05) is 18.3 Å². The van der Waals surface area contributed by atoms with Gasteiger partial charge in [-0.2, -0.15) is 0 Å². The summed E-state index contributed by atoms with van der Waals surface area (Å²) in [6, 6.07) is 3.39. The fourth-order valence-corrected chi connectivity index (χ4v) is 2.20. The van der Waals surface area contributed by atoms with Crippen molar-refractivity contribution < 1.29 is 4.79 Å². The van der Waals surface area contributed by atoms with Gasteiger partial charge in [-0.25, -0.2) is 4.98 Å². The lowest BCUT2D eigenvalue weighted by Gasteiger charge is -2.29. The van der Waals surface area contributed by atoms with Crippen LogP contribution in [0.5, 0.6) is 0 Å². The Morgan fingerprint density at radius 3 is 2.72 bits per heavy atom. The van der Waals surface area contributed by atoms with Crippen molar-refractivity contribution in [3.8, 4) is 0 Å². The maximum atomic E-state index is 11.9. The van der Waals surface area contributed by atoms with Crippen molar-refractivity contribution in [3.05, 3.63) is 29.0 Å². The topological polar surface area (TPSA) is 68.0 Å². The van der Waals surface area contributed by atoms with Crippen LogP contribution < -0.4 is 11.1 Å². The Morgan fingerprint density at radius 2 is 2.11 bits per heavy atom. The molecule has 18 heavy (non-hydrogen) atoms. The van der Waals surface area contributed by atoms with Crippen molar-refractivity contribution in [3.63, 3.8) is 0 Å². The van der Waals surface area contributed by atoms with Crippen molar-refractivity contribution >= 4 is 29.9 Å². The third-order valence-corrected chi connectivity index (χ3v) is 3.32. The first-order valence-electron chi connectivity index (χ1n) is 5.85. The molecule has 0 unspecified atom stereocenters. The van der Waals surface area contributed by atoms with Crippen molar-refractivity contribution in [2.24, 2.45) is 5.73 Å². The fraction of sp³-hybridized carbons (Fsp3) is 0.500. The zero-order valence-corrected chi connectivity index (χ0v) is 11.5. The van der Waals surface area contributed by atoms with Crippen LogP contribution in [0.1, 0.15) is 36.2 Å². The lowest BCUT2D eigenvalue weighted by molar-refractivity contribution is 0.0916. The Labute approximate surface area is 118 Å². The van der Waals surface area contributed by atoms with Gasteiger partial charge in [0.1, 0.15) is 5.69 Å². The molecule has 0 spiro atoms. The molecule has 3 N–H and O–H groups in total. The van der Waals surface area contributed by atoms with E-state index in [0.29, 0.717) is 10.7 Å². The predicted octanol–water partition coefficient (Wildman–Crippen LogP) is 2.16. The van der Waals surface area contributed by atoms with E-state index in [1.54, 1.807) is 12.1 Å². The summed E-state index contributed by atoms with van der Waals surface area (Å²) in [5.41, 5.74) is 6.35. The molecule has 2 rings (SSSR count). The fourth-order valence-electron chi connectivity index (χ4n) is 2.09. The number of amides is 1. The molecule has 0 saturated heterocycles. The lowest BCUT2D eigenvalue weighted by atomic mass is 9.91. The number of rotatable bonds is 2. The van der Waals surface area contributed by atoms with E-state index in [9.17, 15) is 4.79 Å². The maximum Gasteiger partial charge on any atom is 0.270 e. The monoisotopic (exact) mass is 289 g/mol. The molecule has 0 aromatic carbocycles. The van der Waals surface area contributed by atoms with E-state index in [-0.39, 0.29) is 30.4 Å². The Kier molecular flexibility index (Phi) is 5.85. The third kappa shape index (κ3) is 3.83. The third-order valence-electron chi connectivity index (χ3n) is 3.10. The van der Waals surface area contributed by atoms with E-state index in [0.717, 1.165) is 25.7 Å². The second kappa shape index (κ2) is 6.92. The molecule has 1 aromatic heterocycles. The van der Waals surface area contributed by atoms with Gasteiger partial charge in [-0.05, 0) is 25.0 Å². The van der Waals surface area contributed by atoms with E-state index in [1.165, 1.54) is 6.20 Å². The first-order chi connectivity index (χ1) is 8.16. The highest BCUT2D eigenvalue weighted by Crippen LogP contribution is 2.17. The Morgan fingerprint density at radius 1 is 1.39 bits per heavy atom. The van der Waals surface area contributed by atoms with Gasteiger partial charge in [-0.15, -0.1) is 12.4 Å². The number of hydrogen-bond donors (Lipinski definition) is 2. The Balaban J connectivity index is 0.00000162. The van der Waals surface area contributed by atoms with Crippen LogP contribution in [-0.2, 0) is 0 Å². The number of carbonyl (C=O) groups is 1. The average Bonchev–Trinajstić information content (AvgIpc) is 2.33. The van der Waals surface area contributed by atoms with Gasteiger partial charge in [-0.3, -0.25) is 4.79 Å². The highest BCUT2D eigenvalue weighted by atomic mass is 35.5. The van der Waals surface area contributed by atoms with Crippen molar-refractivity contribution in [1.82, 2.24) is 10.3 Å². The van der Waals surface area contributed by atoms with E-state index in [4.69, 9.17) is 17.3 Å². The number of nitrogens with two attached hydrogens (primary N) is 1. The number of pyridine rings is 1. The van der Waals surface area contributed by atoms with Crippen LogP contribution in [0.4, 0.5) is 0 Å². The molecule has 1 aromatic rings. The van der Waals surface area contributed by atoms with Crippen LogP contribution in [-0.4, -0.2) is 23.0 Å². The zero-order valence-electron chi connectivity index (χ0n) is 9.93. The number of nitrogens with one attached hydrogen (secondary N) is 1. The maximum absolute atomic E-state index is 11.9.